The van der Waals surface area contributed by atoms with Gasteiger partial charge in [0.15, 0.2) is 11.6 Å². The fourth-order valence-electron chi connectivity index (χ4n) is 2.27. The van der Waals surface area contributed by atoms with Crippen LogP contribution < -0.4 is 10.5 Å². The molecule has 2 unspecified atom stereocenters. The van der Waals surface area contributed by atoms with Crippen LogP contribution in [0.1, 0.15) is 51.1 Å². The van der Waals surface area contributed by atoms with Gasteiger partial charge in [-0.05, 0) is 30.0 Å². The van der Waals surface area contributed by atoms with Crippen LogP contribution in [0, 0.1) is 11.7 Å². The van der Waals surface area contributed by atoms with Crippen molar-refractivity contribution in [1.29, 1.82) is 0 Å². The van der Waals surface area contributed by atoms with Gasteiger partial charge in [0, 0.05) is 6.04 Å². The number of benzene rings is 1. The molecule has 0 aliphatic carbocycles. The lowest BCUT2D eigenvalue weighted by molar-refractivity contribution is 0.370. The normalized spacial score (nSPS) is 14.3. The maximum Gasteiger partial charge on any atom is 0.165 e. The Morgan fingerprint density at radius 2 is 2.06 bits per heavy atom. The van der Waals surface area contributed by atoms with Gasteiger partial charge in [-0.15, -0.1) is 0 Å². The van der Waals surface area contributed by atoms with Gasteiger partial charge in [0.1, 0.15) is 0 Å². The molecule has 0 aromatic heterocycles. The largest absolute Gasteiger partial charge is 0.494 e. The molecule has 18 heavy (non-hydrogen) atoms. The van der Waals surface area contributed by atoms with Gasteiger partial charge >= 0.3 is 0 Å². The van der Waals surface area contributed by atoms with E-state index in [4.69, 9.17) is 10.5 Å². The Hall–Kier alpha value is -1.09. The summed E-state index contributed by atoms with van der Waals surface area (Å²) < 4.78 is 18.6. The van der Waals surface area contributed by atoms with Crippen LogP contribution in [0.2, 0.25) is 0 Å². The highest BCUT2D eigenvalue weighted by Gasteiger charge is 2.18. The van der Waals surface area contributed by atoms with Crippen molar-refractivity contribution in [2.24, 2.45) is 11.7 Å². The van der Waals surface area contributed by atoms with Crippen molar-refractivity contribution in [3.63, 3.8) is 0 Å². The summed E-state index contributed by atoms with van der Waals surface area (Å²) >= 11 is 0. The van der Waals surface area contributed by atoms with E-state index in [2.05, 4.69) is 13.8 Å². The van der Waals surface area contributed by atoms with Crippen LogP contribution in [0.25, 0.3) is 0 Å². The quantitative estimate of drug-likeness (QED) is 0.795. The van der Waals surface area contributed by atoms with Gasteiger partial charge in [0.05, 0.1) is 7.11 Å². The first-order chi connectivity index (χ1) is 8.63. The summed E-state index contributed by atoms with van der Waals surface area (Å²) in [5, 5.41) is 0. The Balaban J connectivity index is 2.81. The minimum Gasteiger partial charge on any atom is -0.494 e. The van der Waals surface area contributed by atoms with Crippen LogP contribution in [0.15, 0.2) is 18.2 Å². The van der Waals surface area contributed by atoms with Crippen molar-refractivity contribution in [1.82, 2.24) is 0 Å². The molecule has 102 valence electrons. The number of hydrogen-bond acceptors (Lipinski definition) is 2. The van der Waals surface area contributed by atoms with E-state index in [-0.39, 0.29) is 17.6 Å². The predicted molar refractivity (Wildman–Crippen MR) is 73.2 cm³/mol. The van der Waals surface area contributed by atoms with Crippen LogP contribution in [-0.2, 0) is 0 Å². The molecule has 0 spiro atoms. The number of methoxy groups -OCH3 is 1. The molecule has 0 amide bonds. The van der Waals surface area contributed by atoms with Gasteiger partial charge in [-0.25, -0.2) is 4.39 Å². The van der Waals surface area contributed by atoms with Crippen LogP contribution in [0.4, 0.5) is 4.39 Å². The van der Waals surface area contributed by atoms with Gasteiger partial charge in [-0.2, -0.15) is 0 Å². The van der Waals surface area contributed by atoms with Crippen molar-refractivity contribution < 1.29 is 9.13 Å². The second kappa shape index (κ2) is 7.37. The van der Waals surface area contributed by atoms with Gasteiger partial charge in [0.2, 0.25) is 0 Å². The zero-order valence-electron chi connectivity index (χ0n) is 11.6. The second-order valence-corrected chi connectivity index (χ2v) is 4.73. The highest BCUT2D eigenvalue weighted by atomic mass is 19.1. The van der Waals surface area contributed by atoms with E-state index in [1.165, 1.54) is 26.0 Å². The maximum atomic E-state index is 13.6. The van der Waals surface area contributed by atoms with E-state index >= 15 is 0 Å². The van der Waals surface area contributed by atoms with E-state index in [0.717, 1.165) is 18.4 Å². The lowest BCUT2D eigenvalue weighted by atomic mass is 9.87. The number of unbranched alkanes of at least 4 members (excludes halogenated alkanes) is 1. The summed E-state index contributed by atoms with van der Waals surface area (Å²) in [6.45, 7) is 4.31. The molecule has 0 heterocycles. The van der Waals surface area contributed by atoms with Crippen molar-refractivity contribution in [3.05, 3.63) is 29.6 Å². The third-order valence-corrected chi connectivity index (χ3v) is 3.52. The molecule has 1 rings (SSSR count). The first-order valence-corrected chi connectivity index (χ1v) is 6.73. The predicted octanol–water partition coefficient (Wildman–Crippen LogP) is 4.05. The average molecular weight is 253 g/mol. The molecule has 2 atom stereocenters. The summed E-state index contributed by atoms with van der Waals surface area (Å²) in [4.78, 5) is 0. The summed E-state index contributed by atoms with van der Waals surface area (Å²) in [6.07, 6.45) is 4.46. The van der Waals surface area contributed by atoms with E-state index in [1.54, 1.807) is 6.07 Å². The first-order valence-electron chi connectivity index (χ1n) is 6.73. The lowest BCUT2D eigenvalue weighted by Gasteiger charge is -2.23. The molecule has 0 bridgehead atoms. The van der Waals surface area contributed by atoms with Gasteiger partial charge in [-0.3, -0.25) is 0 Å². The van der Waals surface area contributed by atoms with E-state index in [9.17, 15) is 4.39 Å². The lowest BCUT2D eigenvalue weighted by Crippen LogP contribution is -2.21. The molecule has 0 aliphatic rings. The Morgan fingerprint density at radius 1 is 1.33 bits per heavy atom. The SMILES string of the molecule is CCCCC(CC)C(N)c1ccc(OC)c(F)c1. The molecular formula is C15H24FNO. The Morgan fingerprint density at radius 3 is 2.56 bits per heavy atom. The minimum absolute atomic E-state index is 0.0954. The monoisotopic (exact) mass is 253 g/mol. The fraction of sp³-hybridized carbons (Fsp3) is 0.600. The Kier molecular flexibility index (Phi) is 6.13. The molecular weight excluding hydrogens is 229 g/mol. The van der Waals surface area contributed by atoms with Gasteiger partial charge < -0.3 is 10.5 Å². The van der Waals surface area contributed by atoms with Crippen molar-refractivity contribution in [2.45, 2.75) is 45.6 Å². The van der Waals surface area contributed by atoms with Gasteiger partial charge in [0.25, 0.3) is 0 Å². The summed E-state index contributed by atoms with van der Waals surface area (Å²) in [7, 11) is 1.47. The topological polar surface area (TPSA) is 35.2 Å². The number of ether oxygens (including phenoxy) is 1. The third-order valence-electron chi connectivity index (χ3n) is 3.52. The maximum absolute atomic E-state index is 13.6. The zero-order valence-corrected chi connectivity index (χ0v) is 11.6. The van der Waals surface area contributed by atoms with Crippen LogP contribution in [0.5, 0.6) is 5.75 Å². The standard InChI is InChI=1S/C15H24FNO/c1-4-6-7-11(5-2)15(17)12-8-9-14(18-3)13(16)10-12/h8-11,15H,4-7,17H2,1-3H3. The molecule has 1 aromatic carbocycles. The smallest absolute Gasteiger partial charge is 0.165 e. The summed E-state index contributed by atoms with van der Waals surface area (Å²) in [5.74, 6) is 0.348. The van der Waals surface area contributed by atoms with Crippen molar-refractivity contribution in [2.75, 3.05) is 7.11 Å². The average Bonchev–Trinajstić information content (AvgIpc) is 2.39. The zero-order chi connectivity index (χ0) is 13.5. The molecule has 0 saturated carbocycles. The van der Waals surface area contributed by atoms with Crippen molar-refractivity contribution in [3.8, 4) is 5.75 Å². The summed E-state index contributed by atoms with van der Waals surface area (Å²) in [5.41, 5.74) is 7.10. The summed E-state index contributed by atoms with van der Waals surface area (Å²) in [6, 6.07) is 4.91. The molecule has 0 aliphatic heterocycles. The van der Waals surface area contributed by atoms with E-state index in [0.29, 0.717) is 5.92 Å². The van der Waals surface area contributed by atoms with Crippen LogP contribution in [0.3, 0.4) is 0 Å². The first kappa shape index (κ1) is 15.0. The molecule has 0 saturated heterocycles. The third kappa shape index (κ3) is 3.70. The Bertz CT molecular complexity index is 368. The molecule has 0 fully saturated rings. The second-order valence-electron chi connectivity index (χ2n) is 4.73. The highest BCUT2D eigenvalue weighted by molar-refractivity contribution is 5.31. The van der Waals surface area contributed by atoms with E-state index in [1.807, 2.05) is 6.07 Å². The van der Waals surface area contributed by atoms with Crippen molar-refractivity contribution >= 4 is 0 Å². The van der Waals surface area contributed by atoms with Crippen LogP contribution in [-0.4, -0.2) is 7.11 Å². The number of rotatable bonds is 7. The highest BCUT2D eigenvalue weighted by Crippen LogP contribution is 2.29. The molecule has 2 nitrogen and oxygen atoms in total. The fourth-order valence-corrected chi connectivity index (χ4v) is 2.27. The van der Waals surface area contributed by atoms with E-state index < -0.39 is 0 Å². The molecule has 3 heteroatoms. The molecule has 1 aromatic rings. The van der Waals surface area contributed by atoms with Crippen LogP contribution >= 0.6 is 0 Å². The molecule has 0 radical (unpaired) electrons. The number of halogens is 1. The Labute approximate surface area is 109 Å². The molecule has 2 N–H and O–H groups in total. The van der Waals surface area contributed by atoms with Gasteiger partial charge in [-0.1, -0.05) is 39.2 Å². The number of nitrogens with two attached hydrogens (primary N) is 1. The minimum atomic E-state index is -0.337. The number of hydrogen-bond donors (Lipinski definition) is 1.